The second kappa shape index (κ2) is 7.53. The molecule has 1 saturated heterocycles. The fraction of sp³-hybridized carbons (Fsp3) is 0.263. The largest absolute Gasteiger partial charge is 0.322 e. The van der Waals surface area contributed by atoms with Crippen LogP contribution < -0.4 is 10.2 Å². The van der Waals surface area contributed by atoms with Crippen molar-refractivity contribution >= 4 is 35.0 Å². The van der Waals surface area contributed by atoms with E-state index in [2.05, 4.69) is 5.32 Å². The van der Waals surface area contributed by atoms with Gasteiger partial charge in [0.1, 0.15) is 0 Å². The van der Waals surface area contributed by atoms with Crippen LogP contribution in [0.25, 0.3) is 0 Å². The Labute approximate surface area is 146 Å². The van der Waals surface area contributed by atoms with Crippen LogP contribution in [-0.2, 0) is 4.79 Å². The molecule has 2 amide bonds. The van der Waals surface area contributed by atoms with Gasteiger partial charge in [-0.3, -0.25) is 9.59 Å². The summed E-state index contributed by atoms with van der Waals surface area (Å²) in [4.78, 5) is 27.2. The number of benzene rings is 2. The fourth-order valence-corrected chi connectivity index (χ4v) is 3.16. The molecule has 0 radical (unpaired) electrons. The standard InChI is InChI=1S/C19H20N2O2S/c1-24-17-11-7-15(8-12-17)20-19(23)14-5-9-16(10-6-14)21-13-3-2-4-18(21)22/h5-12H,2-4,13H2,1H3,(H,20,23). The zero-order chi connectivity index (χ0) is 16.9. The van der Waals surface area contributed by atoms with Crippen LogP contribution in [0.1, 0.15) is 29.6 Å². The lowest BCUT2D eigenvalue weighted by molar-refractivity contribution is -0.119. The predicted molar refractivity (Wildman–Crippen MR) is 98.8 cm³/mol. The average Bonchev–Trinajstić information content (AvgIpc) is 2.63. The van der Waals surface area contributed by atoms with Crippen LogP contribution in [0.2, 0.25) is 0 Å². The maximum Gasteiger partial charge on any atom is 0.255 e. The molecule has 3 rings (SSSR count). The van der Waals surface area contributed by atoms with Gasteiger partial charge in [-0.25, -0.2) is 0 Å². The molecule has 0 spiro atoms. The normalized spacial score (nSPS) is 14.5. The van der Waals surface area contributed by atoms with Crippen molar-refractivity contribution in [3.05, 3.63) is 54.1 Å². The van der Waals surface area contributed by atoms with Gasteiger partial charge in [0, 0.05) is 34.8 Å². The second-order valence-electron chi connectivity index (χ2n) is 5.73. The first-order valence-electron chi connectivity index (χ1n) is 8.03. The molecule has 0 atom stereocenters. The quantitative estimate of drug-likeness (QED) is 0.850. The smallest absolute Gasteiger partial charge is 0.255 e. The molecule has 124 valence electrons. The number of carbonyl (C=O) groups is 2. The van der Waals surface area contributed by atoms with Crippen LogP contribution >= 0.6 is 11.8 Å². The molecule has 0 aromatic heterocycles. The van der Waals surface area contributed by atoms with E-state index in [-0.39, 0.29) is 11.8 Å². The molecule has 4 nitrogen and oxygen atoms in total. The van der Waals surface area contributed by atoms with Gasteiger partial charge in [0.25, 0.3) is 5.91 Å². The summed E-state index contributed by atoms with van der Waals surface area (Å²) in [5.41, 5.74) is 2.21. The van der Waals surface area contributed by atoms with Crippen molar-refractivity contribution < 1.29 is 9.59 Å². The molecule has 1 fully saturated rings. The van der Waals surface area contributed by atoms with Gasteiger partial charge < -0.3 is 10.2 Å². The highest BCUT2D eigenvalue weighted by atomic mass is 32.2. The number of hydrogen-bond donors (Lipinski definition) is 1. The third kappa shape index (κ3) is 3.79. The molecule has 24 heavy (non-hydrogen) atoms. The number of hydrogen-bond acceptors (Lipinski definition) is 3. The summed E-state index contributed by atoms with van der Waals surface area (Å²) in [7, 11) is 0. The van der Waals surface area contributed by atoms with Gasteiger partial charge in [-0.05, 0) is 67.6 Å². The van der Waals surface area contributed by atoms with E-state index in [1.807, 2.05) is 42.7 Å². The zero-order valence-electron chi connectivity index (χ0n) is 13.6. The van der Waals surface area contributed by atoms with Crippen molar-refractivity contribution in [2.24, 2.45) is 0 Å². The Morgan fingerprint density at radius 2 is 1.75 bits per heavy atom. The van der Waals surface area contributed by atoms with E-state index in [4.69, 9.17) is 0 Å². The SMILES string of the molecule is CSc1ccc(NC(=O)c2ccc(N3CCCCC3=O)cc2)cc1. The highest BCUT2D eigenvalue weighted by Crippen LogP contribution is 2.22. The van der Waals surface area contributed by atoms with E-state index in [0.29, 0.717) is 12.0 Å². The summed E-state index contributed by atoms with van der Waals surface area (Å²) in [6, 6.07) is 15.0. The highest BCUT2D eigenvalue weighted by Gasteiger charge is 2.19. The Morgan fingerprint density at radius 1 is 1.04 bits per heavy atom. The van der Waals surface area contributed by atoms with Crippen LogP contribution in [0.4, 0.5) is 11.4 Å². The Kier molecular flexibility index (Phi) is 5.20. The van der Waals surface area contributed by atoms with Gasteiger partial charge in [0.2, 0.25) is 5.91 Å². The zero-order valence-corrected chi connectivity index (χ0v) is 14.4. The first-order chi connectivity index (χ1) is 11.7. The molecule has 0 aliphatic carbocycles. The van der Waals surface area contributed by atoms with Gasteiger partial charge in [-0.2, -0.15) is 0 Å². The molecule has 2 aromatic rings. The summed E-state index contributed by atoms with van der Waals surface area (Å²) in [6.45, 7) is 0.756. The minimum absolute atomic E-state index is 0.150. The number of carbonyl (C=O) groups excluding carboxylic acids is 2. The number of nitrogens with zero attached hydrogens (tertiary/aromatic N) is 1. The first kappa shape index (κ1) is 16.6. The number of nitrogens with one attached hydrogen (secondary N) is 1. The highest BCUT2D eigenvalue weighted by molar-refractivity contribution is 7.98. The van der Waals surface area contributed by atoms with E-state index >= 15 is 0 Å². The van der Waals surface area contributed by atoms with Crippen molar-refractivity contribution in [2.75, 3.05) is 23.0 Å². The third-order valence-corrected chi connectivity index (χ3v) is 4.86. The summed E-state index contributed by atoms with van der Waals surface area (Å²) < 4.78 is 0. The Morgan fingerprint density at radius 3 is 2.38 bits per heavy atom. The molecule has 1 aliphatic heterocycles. The minimum atomic E-state index is -0.150. The van der Waals surface area contributed by atoms with Gasteiger partial charge >= 0.3 is 0 Å². The summed E-state index contributed by atoms with van der Waals surface area (Å²) in [5, 5.41) is 2.89. The maximum absolute atomic E-state index is 12.3. The van der Waals surface area contributed by atoms with Gasteiger partial charge in [0.15, 0.2) is 0 Å². The van der Waals surface area contributed by atoms with Crippen molar-refractivity contribution in [3.63, 3.8) is 0 Å². The lowest BCUT2D eigenvalue weighted by Gasteiger charge is -2.26. The number of piperidine rings is 1. The molecule has 1 aliphatic rings. The summed E-state index contributed by atoms with van der Waals surface area (Å²) >= 11 is 1.66. The van der Waals surface area contributed by atoms with Crippen LogP contribution in [0.3, 0.4) is 0 Å². The second-order valence-corrected chi connectivity index (χ2v) is 6.61. The van der Waals surface area contributed by atoms with Crippen LogP contribution in [0.5, 0.6) is 0 Å². The Hall–Kier alpha value is -2.27. The molecule has 1 N–H and O–H groups in total. The van der Waals surface area contributed by atoms with Gasteiger partial charge in [0.05, 0.1) is 0 Å². The molecule has 1 heterocycles. The topological polar surface area (TPSA) is 49.4 Å². The van der Waals surface area contributed by atoms with E-state index < -0.39 is 0 Å². The van der Waals surface area contributed by atoms with E-state index in [1.165, 1.54) is 0 Å². The predicted octanol–water partition coefficient (Wildman–Crippen LogP) is 4.18. The first-order valence-corrected chi connectivity index (χ1v) is 9.26. The molecule has 0 unspecified atom stereocenters. The lowest BCUT2D eigenvalue weighted by atomic mass is 10.1. The molecule has 2 aromatic carbocycles. The number of anilines is 2. The van der Waals surface area contributed by atoms with Crippen LogP contribution in [0, 0.1) is 0 Å². The number of rotatable bonds is 4. The molecule has 0 bridgehead atoms. The van der Waals surface area contributed by atoms with Crippen molar-refractivity contribution in [3.8, 4) is 0 Å². The number of amides is 2. The number of thioether (sulfide) groups is 1. The van der Waals surface area contributed by atoms with Crippen LogP contribution in [0.15, 0.2) is 53.4 Å². The van der Waals surface area contributed by atoms with Gasteiger partial charge in [-0.1, -0.05) is 0 Å². The Balaban J connectivity index is 1.67. The van der Waals surface area contributed by atoms with Crippen molar-refractivity contribution in [1.82, 2.24) is 0 Å². The molecule has 5 heteroatoms. The fourth-order valence-electron chi connectivity index (χ4n) is 2.75. The molecule has 0 saturated carbocycles. The maximum atomic E-state index is 12.3. The Bertz CT molecular complexity index is 726. The van der Waals surface area contributed by atoms with Crippen LogP contribution in [-0.4, -0.2) is 24.6 Å². The van der Waals surface area contributed by atoms with Crippen molar-refractivity contribution in [2.45, 2.75) is 24.2 Å². The monoisotopic (exact) mass is 340 g/mol. The average molecular weight is 340 g/mol. The van der Waals surface area contributed by atoms with E-state index in [1.54, 1.807) is 28.8 Å². The summed E-state index contributed by atoms with van der Waals surface area (Å²) in [6.07, 6.45) is 4.61. The third-order valence-electron chi connectivity index (χ3n) is 4.11. The van der Waals surface area contributed by atoms with E-state index in [9.17, 15) is 9.59 Å². The molecular formula is C19H20N2O2S. The molecular weight excluding hydrogens is 320 g/mol. The van der Waals surface area contributed by atoms with Gasteiger partial charge in [-0.15, -0.1) is 11.8 Å². The van der Waals surface area contributed by atoms with E-state index in [0.717, 1.165) is 35.7 Å². The minimum Gasteiger partial charge on any atom is -0.322 e. The lowest BCUT2D eigenvalue weighted by Crippen LogP contribution is -2.35. The summed E-state index contributed by atoms with van der Waals surface area (Å²) in [5.74, 6) is 0.00996. The van der Waals surface area contributed by atoms with Crippen molar-refractivity contribution in [1.29, 1.82) is 0 Å².